The molecule has 2 atom stereocenters. The standard InChI is InChI=1S/C21H27N3O4.ClH/c25-19(15-4-5-17-18(11-15)28-14-27-17)23-7-9-24(10-8-23)20(26)21-6-2-1-3-16(21)12-22-13-21;/h4-5,11,16,22H,1-3,6-10,12-14H2;1H/t16-,21+;/m0./s1. The summed E-state index contributed by atoms with van der Waals surface area (Å²) in [4.78, 5) is 30.1. The summed E-state index contributed by atoms with van der Waals surface area (Å²) in [6, 6.07) is 5.31. The van der Waals surface area contributed by atoms with Gasteiger partial charge >= 0.3 is 0 Å². The number of benzene rings is 1. The second-order valence-electron chi connectivity index (χ2n) is 8.38. The van der Waals surface area contributed by atoms with Crippen molar-refractivity contribution in [1.29, 1.82) is 0 Å². The molecular formula is C21H28ClN3O4. The van der Waals surface area contributed by atoms with E-state index in [-0.39, 0.29) is 30.5 Å². The Morgan fingerprint density at radius 3 is 2.62 bits per heavy atom. The predicted octanol–water partition coefficient (Wildman–Crippen LogP) is 1.90. The van der Waals surface area contributed by atoms with Crippen LogP contribution in [0.5, 0.6) is 11.5 Å². The van der Waals surface area contributed by atoms with E-state index in [0.717, 1.165) is 32.4 Å². The van der Waals surface area contributed by atoms with E-state index in [0.29, 0.717) is 55.1 Å². The molecule has 2 amide bonds. The van der Waals surface area contributed by atoms with Crippen molar-refractivity contribution in [3.63, 3.8) is 0 Å². The first-order valence-electron chi connectivity index (χ1n) is 10.4. The monoisotopic (exact) mass is 421 g/mol. The molecule has 8 heteroatoms. The van der Waals surface area contributed by atoms with Crippen LogP contribution in [0.3, 0.4) is 0 Å². The van der Waals surface area contributed by atoms with E-state index in [4.69, 9.17) is 9.47 Å². The summed E-state index contributed by atoms with van der Waals surface area (Å²) in [6.07, 6.45) is 4.53. The summed E-state index contributed by atoms with van der Waals surface area (Å²) in [6.45, 7) is 4.36. The maximum Gasteiger partial charge on any atom is 0.254 e. The van der Waals surface area contributed by atoms with Crippen LogP contribution in [0.25, 0.3) is 0 Å². The maximum absolute atomic E-state index is 13.4. The molecule has 1 saturated carbocycles. The van der Waals surface area contributed by atoms with Gasteiger partial charge < -0.3 is 24.6 Å². The fourth-order valence-electron chi connectivity index (χ4n) is 5.31. The Hall–Kier alpha value is -1.99. The summed E-state index contributed by atoms with van der Waals surface area (Å²) in [5, 5.41) is 3.46. The Balaban J connectivity index is 0.00000205. The van der Waals surface area contributed by atoms with Crippen molar-refractivity contribution in [2.45, 2.75) is 25.7 Å². The van der Waals surface area contributed by atoms with Crippen molar-refractivity contribution >= 4 is 24.2 Å². The third kappa shape index (κ3) is 3.44. The van der Waals surface area contributed by atoms with Gasteiger partial charge in [0.15, 0.2) is 11.5 Å². The number of ether oxygens (including phenoxy) is 2. The SMILES string of the molecule is Cl.O=C(c1ccc2c(c1)OCO2)N1CCN(C(=O)[C@@]23CCCC[C@H]2CNC3)CC1. The molecule has 3 aliphatic heterocycles. The highest BCUT2D eigenvalue weighted by Gasteiger charge is 2.51. The highest BCUT2D eigenvalue weighted by atomic mass is 35.5. The van der Waals surface area contributed by atoms with Crippen molar-refractivity contribution in [3.8, 4) is 11.5 Å². The van der Waals surface area contributed by atoms with Crippen LogP contribution in [0.15, 0.2) is 18.2 Å². The number of halogens is 1. The highest BCUT2D eigenvalue weighted by molar-refractivity contribution is 5.95. The third-order valence-electron chi connectivity index (χ3n) is 6.94. The Morgan fingerprint density at radius 2 is 1.79 bits per heavy atom. The zero-order chi connectivity index (χ0) is 19.1. The van der Waals surface area contributed by atoms with Crippen LogP contribution in [-0.2, 0) is 4.79 Å². The van der Waals surface area contributed by atoms with Gasteiger partial charge in [-0.15, -0.1) is 12.4 Å². The summed E-state index contributed by atoms with van der Waals surface area (Å²) in [5.74, 6) is 2.07. The maximum atomic E-state index is 13.4. The Morgan fingerprint density at radius 1 is 1.03 bits per heavy atom. The number of fused-ring (bicyclic) bond motifs is 2. The zero-order valence-electron chi connectivity index (χ0n) is 16.5. The number of carbonyl (C=O) groups excluding carboxylic acids is 2. The number of rotatable bonds is 2. The van der Waals surface area contributed by atoms with Crippen LogP contribution in [0.1, 0.15) is 36.0 Å². The van der Waals surface area contributed by atoms with E-state index in [2.05, 4.69) is 5.32 Å². The van der Waals surface area contributed by atoms with Crippen molar-refractivity contribution in [2.24, 2.45) is 11.3 Å². The minimum absolute atomic E-state index is 0. The summed E-state index contributed by atoms with van der Waals surface area (Å²) >= 11 is 0. The Labute approximate surface area is 177 Å². The molecule has 1 aromatic rings. The number of nitrogens with zero attached hydrogens (tertiary/aromatic N) is 2. The molecule has 0 bridgehead atoms. The lowest BCUT2D eigenvalue weighted by molar-refractivity contribution is -0.146. The fraction of sp³-hybridized carbons (Fsp3) is 0.619. The van der Waals surface area contributed by atoms with E-state index < -0.39 is 0 Å². The minimum Gasteiger partial charge on any atom is -0.454 e. The lowest BCUT2D eigenvalue weighted by Gasteiger charge is -2.43. The van der Waals surface area contributed by atoms with Gasteiger partial charge in [0.25, 0.3) is 5.91 Å². The molecule has 29 heavy (non-hydrogen) atoms. The van der Waals surface area contributed by atoms with E-state index in [1.165, 1.54) is 6.42 Å². The molecule has 1 aromatic carbocycles. The first kappa shape index (κ1) is 20.3. The molecule has 0 radical (unpaired) electrons. The number of piperazine rings is 1. The van der Waals surface area contributed by atoms with Crippen LogP contribution in [0.2, 0.25) is 0 Å². The summed E-state index contributed by atoms with van der Waals surface area (Å²) in [5.41, 5.74) is 0.400. The molecule has 4 aliphatic rings. The smallest absolute Gasteiger partial charge is 0.254 e. The van der Waals surface area contributed by atoms with Gasteiger partial charge in [0.2, 0.25) is 12.7 Å². The number of hydrogen-bond acceptors (Lipinski definition) is 5. The van der Waals surface area contributed by atoms with Crippen LogP contribution in [0.4, 0.5) is 0 Å². The number of nitrogens with one attached hydrogen (secondary N) is 1. The van der Waals surface area contributed by atoms with Crippen molar-refractivity contribution in [1.82, 2.24) is 15.1 Å². The number of amides is 2. The second kappa shape index (κ2) is 8.03. The van der Waals surface area contributed by atoms with Gasteiger partial charge in [0, 0.05) is 38.3 Å². The minimum atomic E-state index is -0.207. The van der Waals surface area contributed by atoms with Gasteiger partial charge in [0.05, 0.1) is 5.41 Å². The largest absolute Gasteiger partial charge is 0.454 e. The molecule has 3 fully saturated rings. The lowest BCUT2D eigenvalue weighted by atomic mass is 9.67. The first-order valence-corrected chi connectivity index (χ1v) is 10.4. The fourth-order valence-corrected chi connectivity index (χ4v) is 5.31. The van der Waals surface area contributed by atoms with Crippen molar-refractivity contribution in [3.05, 3.63) is 23.8 Å². The third-order valence-corrected chi connectivity index (χ3v) is 6.94. The average molecular weight is 422 g/mol. The van der Waals surface area contributed by atoms with E-state index in [9.17, 15) is 9.59 Å². The highest BCUT2D eigenvalue weighted by Crippen LogP contribution is 2.45. The summed E-state index contributed by atoms with van der Waals surface area (Å²) < 4.78 is 10.7. The molecule has 1 N–H and O–H groups in total. The zero-order valence-corrected chi connectivity index (χ0v) is 17.3. The first-order chi connectivity index (χ1) is 13.7. The van der Waals surface area contributed by atoms with Crippen LogP contribution < -0.4 is 14.8 Å². The molecule has 2 saturated heterocycles. The van der Waals surface area contributed by atoms with Crippen LogP contribution >= 0.6 is 12.4 Å². The molecule has 1 aliphatic carbocycles. The van der Waals surface area contributed by atoms with Crippen molar-refractivity contribution < 1.29 is 19.1 Å². The quantitative estimate of drug-likeness (QED) is 0.789. The predicted molar refractivity (Wildman–Crippen MR) is 110 cm³/mol. The molecule has 5 rings (SSSR count). The van der Waals surface area contributed by atoms with Gasteiger partial charge in [-0.1, -0.05) is 12.8 Å². The molecule has 0 spiro atoms. The molecule has 158 valence electrons. The van der Waals surface area contributed by atoms with E-state index in [1.807, 2.05) is 9.80 Å². The van der Waals surface area contributed by atoms with Gasteiger partial charge in [-0.25, -0.2) is 0 Å². The van der Waals surface area contributed by atoms with Crippen LogP contribution in [0, 0.1) is 11.3 Å². The number of hydrogen-bond donors (Lipinski definition) is 1. The molecule has 3 heterocycles. The topological polar surface area (TPSA) is 71.1 Å². The average Bonchev–Trinajstić information content (AvgIpc) is 3.39. The Bertz CT molecular complexity index is 796. The molecule has 0 unspecified atom stereocenters. The molecule has 0 aromatic heterocycles. The van der Waals surface area contributed by atoms with E-state index >= 15 is 0 Å². The molecular weight excluding hydrogens is 394 g/mol. The normalized spacial score (nSPS) is 27.9. The van der Waals surface area contributed by atoms with Crippen LogP contribution in [-0.4, -0.2) is 67.7 Å². The second-order valence-corrected chi connectivity index (χ2v) is 8.38. The van der Waals surface area contributed by atoms with Gasteiger partial charge in [-0.05, 0) is 43.5 Å². The molecule has 7 nitrogen and oxygen atoms in total. The Kier molecular flexibility index (Phi) is 5.62. The van der Waals surface area contributed by atoms with Gasteiger partial charge in [-0.2, -0.15) is 0 Å². The van der Waals surface area contributed by atoms with Crippen molar-refractivity contribution in [2.75, 3.05) is 46.1 Å². The van der Waals surface area contributed by atoms with E-state index in [1.54, 1.807) is 18.2 Å². The summed E-state index contributed by atoms with van der Waals surface area (Å²) in [7, 11) is 0. The van der Waals surface area contributed by atoms with Gasteiger partial charge in [-0.3, -0.25) is 9.59 Å². The van der Waals surface area contributed by atoms with Gasteiger partial charge in [0.1, 0.15) is 0 Å². The lowest BCUT2D eigenvalue weighted by Crippen LogP contribution is -2.56. The number of carbonyl (C=O) groups is 2.